The molecule has 0 saturated heterocycles. The van der Waals surface area contributed by atoms with E-state index in [9.17, 15) is 4.39 Å². The summed E-state index contributed by atoms with van der Waals surface area (Å²) in [5.41, 5.74) is 4.77. The summed E-state index contributed by atoms with van der Waals surface area (Å²) in [6, 6.07) is 11.6. The molecule has 0 radical (unpaired) electrons. The lowest BCUT2D eigenvalue weighted by molar-refractivity contribution is 0.617. The largest absolute Gasteiger partial charge is 0.206 e. The minimum Gasteiger partial charge on any atom is -0.206 e. The molecule has 0 aromatic heterocycles. The molecule has 0 fully saturated rings. The summed E-state index contributed by atoms with van der Waals surface area (Å²) >= 11 is 6.97. The molecule has 1 unspecified atom stereocenters. The highest BCUT2D eigenvalue weighted by atomic mass is 79.9. The highest BCUT2D eigenvalue weighted by molar-refractivity contribution is 9.11. The smallest absolute Gasteiger partial charge is 0.137 e. The molecule has 0 N–H and O–H groups in total. The van der Waals surface area contributed by atoms with Crippen LogP contribution in [0.2, 0.25) is 0 Å². The van der Waals surface area contributed by atoms with Crippen molar-refractivity contribution in [1.29, 1.82) is 0 Å². The second-order valence-electron chi connectivity index (χ2n) is 4.73. The average molecular weight is 386 g/mol. The van der Waals surface area contributed by atoms with Crippen molar-refractivity contribution in [2.24, 2.45) is 0 Å². The third kappa shape index (κ3) is 3.46. The maximum absolute atomic E-state index is 13.5. The summed E-state index contributed by atoms with van der Waals surface area (Å²) in [6.45, 7) is 4.22. The highest BCUT2D eigenvalue weighted by Crippen LogP contribution is 2.34. The van der Waals surface area contributed by atoms with Gasteiger partial charge in [0, 0.05) is 4.83 Å². The molecule has 0 spiro atoms. The van der Waals surface area contributed by atoms with Crippen LogP contribution in [0.1, 0.15) is 27.1 Å². The average Bonchev–Trinajstić information content (AvgIpc) is 2.37. The van der Waals surface area contributed by atoms with Crippen LogP contribution in [-0.2, 0) is 6.42 Å². The van der Waals surface area contributed by atoms with Gasteiger partial charge < -0.3 is 0 Å². The molecule has 2 aromatic carbocycles. The van der Waals surface area contributed by atoms with Gasteiger partial charge in [-0.15, -0.1) is 0 Å². The number of rotatable bonds is 3. The van der Waals surface area contributed by atoms with E-state index in [1.807, 2.05) is 6.07 Å². The van der Waals surface area contributed by atoms with Gasteiger partial charge in [-0.25, -0.2) is 4.39 Å². The van der Waals surface area contributed by atoms with Crippen LogP contribution in [0, 0.1) is 19.7 Å². The zero-order chi connectivity index (χ0) is 14.0. The van der Waals surface area contributed by atoms with Gasteiger partial charge in [0.1, 0.15) is 5.82 Å². The fourth-order valence-corrected chi connectivity index (χ4v) is 3.61. The summed E-state index contributed by atoms with van der Waals surface area (Å²) in [7, 11) is 0. The Balaban J connectivity index is 2.23. The minimum atomic E-state index is -0.220. The number of hydrogen-bond donors (Lipinski definition) is 0. The van der Waals surface area contributed by atoms with Gasteiger partial charge in [0.25, 0.3) is 0 Å². The highest BCUT2D eigenvalue weighted by Gasteiger charge is 2.14. The van der Waals surface area contributed by atoms with Gasteiger partial charge >= 0.3 is 0 Å². The van der Waals surface area contributed by atoms with E-state index in [0.717, 1.165) is 12.0 Å². The normalized spacial score (nSPS) is 12.5. The fourth-order valence-electron chi connectivity index (χ4n) is 2.01. The lowest BCUT2D eigenvalue weighted by Gasteiger charge is -2.13. The first-order valence-electron chi connectivity index (χ1n) is 6.13. The molecule has 1 atom stereocenters. The third-order valence-electron chi connectivity index (χ3n) is 3.31. The standard InChI is InChI=1S/C16H15Br2F/c1-10-6-7-12(8-11(10)2)9-14(17)13-4-3-5-15(19)16(13)18/h3-8,14H,9H2,1-2H3. The Morgan fingerprint density at radius 1 is 1.11 bits per heavy atom. The van der Waals surface area contributed by atoms with Crippen molar-refractivity contribution in [3.63, 3.8) is 0 Å². The van der Waals surface area contributed by atoms with E-state index in [1.54, 1.807) is 6.07 Å². The number of hydrogen-bond acceptors (Lipinski definition) is 0. The second-order valence-corrected chi connectivity index (χ2v) is 6.63. The van der Waals surface area contributed by atoms with E-state index < -0.39 is 0 Å². The van der Waals surface area contributed by atoms with Gasteiger partial charge in [0.05, 0.1) is 4.47 Å². The van der Waals surface area contributed by atoms with Crippen LogP contribution in [0.3, 0.4) is 0 Å². The van der Waals surface area contributed by atoms with Gasteiger partial charge in [-0.1, -0.05) is 46.3 Å². The van der Waals surface area contributed by atoms with Gasteiger partial charge in [-0.2, -0.15) is 0 Å². The molecule has 2 aromatic rings. The molecule has 0 aliphatic rings. The Kier molecular flexibility index (Phi) is 4.80. The first kappa shape index (κ1) is 14.7. The molecule has 3 heteroatoms. The summed E-state index contributed by atoms with van der Waals surface area (Å²) < 4.78 is 14.1. The van der Waals surface area contributed by atoms with Crippen molar-refractivity contribution in [1.82, 2.24) is 0 Å². The van der Waals surface area contributed by atoms with Gasteiger partial charge in [0.15, 0.2) is 0 Å². The quantitative estimate of drug-likeness (QED) is 0.578. The lowest BCUT2D eigenvalue weighted by Crippen LogP contribution is -1.98. The molecule has 19 heavy (non-hydrogen) atoms. The molecule has 0 amide bonds. The molecule has 0 bridgehead atoms. The third-order valence-corrected chi connectivity index (χ3v) is 4.96. The Morgan fingerprint density at radius 3 is 2.53 bits per heavy atom. The molecular formula is C16H15Br2F. The molecule has 0 saturated carbocycles. The molecule has 0 aliphatic carbocycles. The lowest BCUT2D eigenvalue weighted by atomic mass is 10.0. The van der Waals surface area contributed by atoms with Crippen molar-refractivity contribution in [3.8, 4) is 0 Å². The van der Waals surface area contributed by atoms with Crippen molar-refractivity contribution in [2.45, 2.75) is 25.1 Å². The summed E-state index contributed by atoms with van der Waals surface area (Å²) in [4.78, 5) is 0.0969. The van der Waals surface area contributed by atoms with E-state index in [1.165, 1.54) is 22.8 Å². The van der Waals surface area contributed by atoms with Crippen LogP contribution in [0.5, 0.6) is 0 Å². The van der Waals surface area contributed by atoms with Crippen LogP contribution >= 0.6 is 31.9 Å². The Hall–Kier alpha value is -0.670. The Labute approximate surface area is 130 Å². The molecule has 0 aliphatic heterocycles. The van der Waals surface area contributed by atoms with Crippen molar-refractivity contribution in [2.75, 3.05) is 0 Å². The molecule has 0 nitrogen and oxygen atoms in total. The van der Waals surface area contributed by atoms with E-state index >= 15 is 0 Å². The zero-order valence-corrected chi connectivity index (χ0v) is 14.1. The number of aryl methyl sites for hydroxylation is 2. The van der Waals surface area contributed by atoms with Gasteiger partial charge in [-0.05, 0) is 64.5 Å². The SMILES string of the molecule is Cc1ccc(CC(Br)c2cccc(F)c2Br)cc1C. The van der Waals surface area contributed by atoms with E-state index in [2.05, 4.69) is 63.9 Å². The van der Waals surface area contributed by atoms with Gasteiger partial charge in [-0.3, -0.25) is 0 Å². The topological polar surface area (TPSA) is 0 Å². The van der Waals surface area contributed by atoms with Crippen LogP contribution in [0.4, 0.5) is 4.39 Å². The monoisotopic (exact) mass is 384 g/mol. The van der Waals surface area contributed by atoms with Crippen molar-refractivity contribution >= 4 is 31.9 Å². The maximum atomic E-state index is 13.5. The summed E-state index contributed by atoms with van der Waals surface area (Å²) in [5.74, 6) is -0.220. The van der Waals surface area contributed by atoms with Crippen LogP contribution in [0.15, 0.2) is 40.9 Å². The molecule has 0 heterocycles. The number of halogens is 3. The number of benzene rings is 2. The molecule has 100 valence electrons. The predicted molar refractivity (Wildman–Crippen MR) is 85.4 cm³/mol. The molecule has 2 rings (SSSR count). The predicted octanol–water partition coefficient (Wildman–Crippen LogP) is 5.88. The Bertz CT molecular complexity index is 593. The summed E-state index contributed by atoms with van der Waals surface area (Å²) in [5, 5.41) is 0. The van der Waals surface area contributed by atoms with Crippen LogP contribution in [-0.4, -0.2) is 0 Å². The van der Waals surface area contributed by atoms with Crippen LogP contribution < -0.4 is 0 Å². The van der Waals surface area contributed by atoms with E-state index in [0.29, 0.717) is 4.47 Å². The van der Waals surface area contributed by atoms with Crippen molar-refractivity contribution in [3.05, 3.63) is 68.9 Å². The van der Waals surface area contributed by atoms with Gasteiger partial charge in [0.2, 0.25) is 0 Å². The van der Waals surface area contributed by atoms with Crippen molar-refractivity contribution < 1.29 is 4.39 Å². The zero-order valence-electron chi connectivity index (χ0n) is 10.9. The minimum absolute atomic E-state index is 0.0969. The fraction of sp³-hybridized carbons (Fsp3) is 0.250. The van der Waals surface area contributed by atoms with E-state index in [-0.39, 0.29) is 10.6 Å². The number of alkyl halides is 1. The first-order valence-corrected chi connectivity index (χ1v) is 7.84. The first-order chi connectivity index (χ1) is 8.99. The molecular weight excluding hydrogens is 371 g/mol. The second kappa shape index (κ2) is 6.19. The van der Waals surface area contributed by atoms with Crippen LogP contribution in [0.25, 0.3) is 0 Å². The Morgan fingerprint density at radius 2 is 1.84 bits per heavy atom. The maximum Gasteiger partial charge on any atom is 0.137 e. The summed E-state index contributed by atoms with van der Waals surface area (Å²) in [6.07, 6.45) is 0.836. The van der Waals surface area contributed by atoms with E-state index in [4.69, 9.17) is 0 Å².